The van der Waals surface area contributed by atoms with Crippen molar-refractivity contribution in [2.45, 2.75) is 51.9 Å². The van der Waals surface area contributed by atoms with Gasteiger partial charge in [0.2, 0.25) is 5.71 Å². The molecule has 0 saturated carbocycles. The monoisotopic (exact) mass is 410 g/mol. The second kappa shape index (κ2) is 8.86. The Morgan fingerprint density at radius 2 is 1.93 bits per heavy atom. The third kappa shape index (κ3) is 3.76. The fourth-order valence-electron chi connectivity index (χ4n) is 4.96. The number of aromatic nitrogens is 3. The Kier molecular flexibility index (Phi) is 5.82. The van der Waals surface area contributed by atoms with Crippen molar-refractivity contribution in [1.29, 1.82) is 0 Å². The lowest BCUT2D eigenvalue weighted by Gasteiger charge is -2.23. The summed E-state index contributed by atoms with van der Waals surface area (Å²) in [6.45, 7) is 8.22. The van der Waals surface area contributed by atoms with Crippen LogP contribution in [0.25, 0.3) is 22.2 Å². The summed E-state index contributed by atoms with van der Waals surface area (Å²) in [4.78, 5) is 15.7. The zero-order valence-electron chi connectivity index (χ0n) is 17.9. The molecule has 3 aromatic rings. The summed E-state index contributed by atoms with van der Waals surface area (Å²) in [5.41, 5.74) is 6.47. The average molecular weight is 411 g/mol. The largest absolute Gasteiger partial charge is 0.432 e. The Hall–Kier alpha value is -2.25. The number of nitrogens with zero attached hydrogens (tertiary/aromatic N) is 3. The van der Waals surface area contributed by atoms with E-state index in [0.717, 1.165) is 99.5 Å². The van der Waals surface area contributed by atoms with Crippen molar-refractivity contribution >= 4 is 28.0 Å². The summed E-state index contributed by atoms with van der Waals surface area (Å²) in [7, 11) is 0. The minimum Gasteiger partial charge on any atom is -0.432 e. The summed E-state index contributed by atoms with van der Waals surface area (Å²) in [6, 6.07) is 0. The summed E-state index contributed by atoms with van der Waals surface area (Å²) in [5, 5.41) is 4.60. The molecule has 0 bridgehead atoms. The van der Waals surface area contributed by atoms with Crippen molar-refractivity contribution in [3.05, 3.63) is 23.1 Å². The van der Waals surface area contributed by atoms with Gasteiger partial charge in [-0.2, -0.15) is 0 Å². The SMILES string of the molecule is CCCc1nc2oc3c(NCCC[NH+]4CCOCC4)ncnc3c2c2c1CCCC2. The van der Waals surface area contributed by atoms with Crippen LogP contribution in [-0.2, 0) is 24.0 Å². The molecule has 2 aliphatic rings. The number of aryl methyl sites for hydroxylation is 2. The summed E-state index contributed by atoms with van der Waals surface area (Å²) >= 11 is 0. The van der Waals surface area contributed by atoms with E-state index in [1.807, 2.05) is 0 Å². The lowest BCUT2D eigenvalue weighted by atomic mass is 9.88. The smallest absolute Gasteiger partial charge is 0.229 e. The number of pyridine rings is 1. The molecule has 0 aromatic carbocycles. The zero-order valence-corrected chi connectivity index (χ0v) is 17.9. The van der Waals surface area contributed by atoms with Gasteiger partial charge in [-0.05, 0) is 43.2 Å². The van der Waals surface area contributed by atoms with E-state index in [1.165, 1.54) is 29.7 Å². The van der Waals surface area contributed by atoms with Gasteiger partial charge in [-0.1, -0.05) is 13.3 Å². The highest BCUT2D eigenvalue weighted by molar-refractivity contribution is 6.06. The highest BCUT2D eigenvalue weighted by Crippen LogP contribution is 2.37. The first-order valence-electron chi connectivity index (χ1n) is 11.6. The molecular formula is C23H32N5O2+. The number of hydrogen-bond acceptors (Lipinski definition) is 6. The van der Waals surface area contributed by atoms with Crippen LogP contribution in [0, 0.1) is 0 Å². The van der Waals surface area contributed by atoms with E-state index in [-0.39, 0.29) is 0 Å². The van der Waals surface area contributed by atoms with E-state index < -0.39 is 0 Å². The van der Waals surface area contributed by atoms with Gasteiger partial charge >= 0.3 is 0 Å². The van der Waals surface area contributed by atoms with Crippen molar-refractivity contribution in [2.24, 2.45) is 0 Å². The molecule has 1 saturated heterocycles. The molecule has 0 spiro atoms. The van der Waals surface area contributed by atoms with Gasteiger partial charge in [-0.3, -0.25) is 0 Å². The molecule has 5 rings (SSSR count). The second-order valence-electron chi connectivity index (χ2n) is 8.55. The van der Waals surface area contributed by atoms with Gasteiger partial charge in [-0.15, -0.1) is 0 Å². The van der Waals surface area contributed by atoms with E-state index in [1.54, 1.807) is 11.2 Å². The van der Waals surface area contributed by atoms with Crippen molar-refractivity contribution in [2.75, 3.05) is 44.7 Å². The van der Waals surface area contributed by atoms with Crippen molar-refractivity contribution in [3.63, 3.8) is 0 Å². The molecule has 4 heterocycles. The van der Waals surface area contributed by atoms with E-state index >= 15 is 0 Å². The Morgan fingerprint density at radius 1 is 1.10 bits per heavy atom. The summed E-state index contributed by atoms with van der Waals surface area (Å²) < 4.78 is 11.7. The quantitative estimate of drug-likeness (QED) is 0.582. The molecule has 30 heavy (non-hydrogen) atoms. The van der Waals surface area contributed by atoms with Crippen LogP contribution in [0.5, 0.6) is 0 Å². The fourth-order valence-corrected chi connectivity index (χ4v) is 4.96. The number of rotatable bonds is 7. The van der Waals surface area contributed by atoms with E-state index in [9.17, 15) is 0 Å². The van der Waals surface area contributed by atoms with Crippen LogP contribution in [0.2, 0.25) is 0 Å². The lowest BCUT2D eigenvalue weighted by molar-refractivity contribution is -0.908. The van der Waals surface area contributed by atoms with Gasteiger partial charge in [0.1, 0.15) is 24.9 Å². The van der Waals surface area contributed by atoms with Gasteiger partial charge in [0, 0.05) is 18.7 Å². The third-order valence-electron chi connectivity index (χ3n) is 6.49. The van der Waals surface area contributed by atoms with Crippen LogP contribution in [-0.4, -0.2) is 54.3 Å². The lowest BCUT2D eigenvalue weighted by Crippen LogP contribution is -3.14. The summed E-state index contributed by atoms with van der Waals surface area (Å²) in [6.07, 6.45) is 9.55. The second-order valence-corrected chi connectivity index (χ2v) is 8.55. The number of nitrogens with one attached hydrogen (secondary N) is 2. The minimum atomic E-state index is 0.732. The number of morpholine rings is 1. The van der Waals surface area contributed by atoms with Gasteiger partial charge < -0.3 is 19.4 Å². The van der Waals surface area contributed by atoms with Gasteiger partial charge in [-0.25, -0.2) is 15.0 Å². The molecule has 2 N–H and O–H groups in total. The first-order valence-corrected chi connectivity index (χ1v) is 11.6. The van der Waals surface area contributed by atoms with Crippen molar-refractivity contribution < 1.29 is 14.1 Å². The predicted octanol–water partition coefficient (Wildman–Crippen LogP) is 2.32. The maximum Gasteiger partial charge on any atom is 0.229 e. The Bertz CT molecular complexity index is 1030. The third-order valence-corrected chi connectivity index (χ3v) is 6.49. The van der Waals surface area contributed by atoms with Crippen LogP contribution < -0.4 is 10.2 Å². The standard InChI is InChI=1S/C23H31N5O2/c1-2-6-18-16-7-3-4-8-17(16)19-20-21(30-23(19)27-18)22(26-15-25-20)24-9-5-10-28-11-13-29-14-12-28/h15H,2-14H2,1H3,(H,24,25,26)/p+1. The maximum atomic E-state index is 6.26. The molecule has 7 nitrogen and oxygen atoms in total. The number of ether oxygens (including phenoxy) is 1. The Balaban J connectivity index is 1.42. The Labute approximate surface area is 177 Å². The summed E-state index contributed by atoms with van der Waals surface area (Å²) in [5.74, 6) is 0.788. The molecule has 0 atom stereocenters. The fraction of sp³-hybridized carbons (Fsp3) is 0.609. The maximum absolute atomic E-state index is 6.26. The molecular weight excluding hydrogens is 378 g/mol. The van der Waals surface area contributed by atoms with Gasteiger partial charge in [0.15, 0.2) is 11.4 Å². The van der Waals surface area contributed by atoms with Crippen LogP contribution >= 0.6 is 0 Å². The van der Waals surface area contributed by atoms with Crippen molar-refractivity contribution in [1.82, 2.24) is 15.0 Å². The topological polar surface area (TPSA) is 77.5 Å². The number of fused-ring (bicyclic) bond motifs is 5. The van der Waals surface area contributed by atoms with Crippen LogP contribution in [0.4, 0.5) is 5.82 Å². The van der Waals surface area contributed by atoms with Gasteiger partial charge in [0.05, 0.1) is 25.1 Å². The van der Waals surface area contributed by atoms with E-state index in [0.29, 0.717) is 0 Å². The highest BCUT2D eigenvalue weighted by atomic mass is 16.5. The number of quaternary nitrogens is 1. The molecule has 1 fully saturated rings. The number of hydrogen-bond donors (Lipinski definition) is 2. The highest BCUT2D eigenvalue weighted by Gasteiger charge is 2.24. The van der Waals surface area contributed by atoms with E-state index in [2.05, 4.69) is 22.2 Å². The van der Waals surface area contributed by atoms with Crippen LogP contribution in [0.15, 0.2) is 10.7 Å². The molecule has 0 unspecified atom stereocenters. The normalized spacial score (nSPS) is 17.5. The minimum absolute atomic E-state index is 0.732. The van der Waals surface area contributed by atoms with Crippen LogP contribution in [0.1, 0.15) is 49.4 Å². The first kappa shape index (κ1) is 19.7. The molecule has 160 valence electrons. The average Bonchev–Trinajstić information content (AvgIpc) is 3.17. The van der Waals surface area contributed by atoms with Gasteiger partial charge in [0.25, 0.3) is 0 Å². The van der Waals surface area contributed by atoms with E-state index in [4.69, 9.17) is 14.1 Å². The molecule has 0 radical (unpaired) electrons. The number of furan rings is 1. The first-order chi connectivity index (χ1) is 14.8. The molecule has 3 aromatic heterocycles. The van der Waals surface area contributed by atoms with Crippen molar-refractivity contribution in [3.8, 4) is 0 Å². The number of anilines is 1. The molecule has 0 amide bonds. The Morgan fingerprint density at radius 3 is 2.77 bits per heavy atom. The molecule has 1 aliphatic heterocycles. The zero-order chi connectivity index (χ0) is 20.3. The molecule has 7 heteroatoms. The molecule has 1 aliphatic carbocycles. The van der Waals surface area contributed by atoms with Crippen LogP contribution in [0.3, 0.4) is 0 Å². The predicted molar refractivity (Wildman–Crippen MR) is 117 cm³/mol.